The Balaban J connectivity index is 1.87. The number of hydrogen-bond acceptors (Lipinski definition) is 7. The number of hydrogen-bond donors (Lipinski definition) is 2. The molecule has 0 aliphatic heterocycles. The van der Waals surface area contributed by atoms with Crippen molar-refractivity contribution < 1.29 is 28.3 Å². The second-order valence-corrected chi connectivity index (χ2v) is 7.06. The lowest BCUT2D eigenvalue weighted by Crippen LogP contribution is -2.11. The highest BCUT2D eigenvalue weighted by Gasteiger charge is 2.16. The molecule has 0 saturated heterocycles. The van der Waals surface area contributed by atoms with Gasteiger partial charge in [-0.2, -0.15) is 0 Å². The highest BCUT2D eigenvalue weighted by Crippen LogP contribution is 2.31. The maximum atomic E-state index is 12.6. The van der Waals surface area contributed by atoms with Crippen molar-refractivity contribution in [2.24, 2.45) is 0 Å². The number of fused-ring (bicyclic) bond motifs is 1. The van der Waals surface area contributed by atoms with Crippen LogP contribution in [-0.4, -0.2) is 31.4 Å². The molecule has 0 aliphatic carbocycles. The van der Waals surface area contributed by atoms with Crippen LogP contribution < -0.4 is 15.8 Å². The number of anilines is 2. The van der Waals surface area contributed by atoms with Gasteiger partial charge in [-0.05, 0) is 55.3 Å². The molecule has 0 atom stereocenters. The Morgan fingerprint density at radius 1 is 1.09 bits per heavy atom. The number of carbonyl (C=O) groups excluding carboxylic acids is 3. The predicted molar refractivity (Wildman–Crippen MR) is 122 cm³/mol. The minimum atomic E-state index is -0.492. The number of rotatable bonds is 7. The normalized spacial score (nSPS) is 11.3. The van der Waals surface area contributed by atoms with E-state index in [1.54, 1.807) is 44.2 Å². The van der Waals surface area contributed by atoms with Crippen LogP contribution in [0, 0.1) is 0 Å². The van der Waals surface area contributed by atoms with E-state index in [9.17, 15) is 14.4 Å². The summed E-state index contributed by atoms with van der Waals surface area (Å²) >= 11 is 0. The average molecular weight is 436 g/mol. The first-order valence-corrected chi connectivity index (χ1v) is 9.92. The van der Waals surface area contributed by atoms with Crippen LogP contribution in [0.25, 0.3) is 16.5 Å². The molecule has 1 amide bonds. The molecule has 0 spiro atoms. The summed E-state index contributed by atoms with van der Waals surface area (Å²) in [5, 5.41) is 3.33. The van der Waals surface area contributed by atoms with Crippen LogP contribution in [0.1, 0.15) is 47.2 Å². The molecule has 8 nitrogen and oxygen atoms in total. The first-order valence-electron chi connectivity index (χ1n) is 9.92. The zero-order chi connectivity index (χ0) is 23.4. The standard InChI is InChI=1S/C24H24N2O6/c1-5-31-24(29)16-7-9-20(30-4)18(12-16)26-21(28)10-13(2)15-6-8-19-17(11-15)22(25)23(32-19)14(3)27/h6-12H,5,25H2,1-4H3,(H,26,28)/b13-10+. The Hall–Kier alpha value is -4.07. The van der Waals surface area contributed by atoms with Gasteiger partial charge in [0.1, 0.15) is 11.3 Å². The molecule has 0 aliphatic rings. The number of methoxy groups -OCH3 is 1. The van der Waals surface area contributed by atoms with Gasteiger partial charge in [0.25, 0.3) is 0 Å². The van der Waals surface area contributed by atoms with Gasteiger partial charge >= 0.3 is 5.97 Å². The summed E-state index contributed by atoms with van der Waals surface area (Å²) in [6, 6.07) is 9.89. The highest BCUT2D eigenvalue weighted by atomic mass is 16.5. The Labute approximate surface area is 185 Å². The van der Waals surface area contributed by atoms with Crippen LogP contribution in [0.15, 0.2) is 46.9 Å². The number of nitrogens with one attached hydrogen (secondary N) is 1. The Morgan fingerprint density at radius 3 is 2.47 bits per heavy atom. The number of furan rings is 1. The van der Waals surface area contributed by atoms with Gasteiger partial charge in [0.15, 0.2) is 11.5 Å². The predicted octanol–water partition coefficient (Wildman–Crippen LogP) is 4.44. The molecule has 8 heteroatoms. The van der Waals surface area contributed by atoms with E-state index in [-0.39, 0.29) is 23.8 Å². The molecule has 3 rings (SSSR count). The number of esters is 1. The summed E-state index contributed by atoms with van der Waals surface area (Å²) in [6.45, 7) is 5.12. The van der Waals surface area contributed by atoms with Gasteiger partial charge in [-0.15, -0.1) is 0 Å². The summed E-state index contributed by atoms with van der Waals surface area (Å²) in [5.74, 6) is -0.641. The highest BCUT2D eigenvalue weighted by molar-refractivity contribution is 6.08. The summed E-state index contributed by atoms with van der Waals surface area (Å²) in [4.78, 5) is 36.3. The molecule has 0 radical (unpaired) electrons. The third-order valence-electron chi connectivity index (χ3n) is 4.82. The van der Waals surface area contributed by atoms with Gasteiger partial charge in [0.05, 0.1) is 30.7 Å². The van der Waals surface area contributed by atoms with Gasteiger partial charge in [-0.25, -0.2) is 4.79 Å². The fourth-order valence-corrected chi connectivity index (χ4v) is 3.22. The van der Waals surface area contributed by atoms with Crippen molar-refractivity contribution in [3.63, 3.8) is 0 Å². The molecule has 3 N–H and O–H groups in total. The number of ketones is 1. The lowest BCUT2D eigenvalue weighted by Gasteiger charge is -2.11. The van der Waals surface area contributed by atoms with Crippen LogP contribution in [0.3, 0.4) is 0 Å². The SMILES string of the molecule is CCOC(=O)c1ccc(OC)c(NC(=O)/C=C(\C)c2ccc3oc(C(C)=O)c(N)c3c2)c1. The van der Waals surface area contributed by atoms with Crippen LogP contribution >= 0.6 is 0 Å². The van der Waals surface area contributed by atoms with E-state index in [0.717, 1.165) is 5.56 Å². The van der Waals surface area contributed by atoms with Crippen molar-refractivity contribution in [2.75, 3.05) is 24.8 Å². The van der Waals surface area contributed by atoms with Crippen LogP contribution in [0.5, 0.6) is 5.75 Å². The fourth-order valence-electron chi connectivity index (χ4n) is 3.22. The van der Waals surface area contributed by atoms with E-state index in [0.29, 0.717) is 33.5 Å². The van der Waals surface area contributed by atoms with E-state index < -0.39 is 11.9 Å². The van der Waals surface area contributed by atoms with Crippen molar-refractivity contribution in [1.29, 1.82) is 0 Å². The fraction of sp³-hybridized carbons (Fsp3) is 0.208. The quantitative estimate of drug-likeness (QED) is 0.319. The maximum Gasteiger partial charge on any atom is 0.338 e. The largest absolute Gasteiger partial charge is 0.495 e. The molecular weight excluding hydrogens is 412 g/mol. The first kappa shape index (κ1) is 22.6. The van der Waals surface area contributed by atoms with Crippen molar-refractivity contribution in [3.05, 3.63) is 59.4 Å². The summed E-state index contributed by atoms with van der Waals surface area (Å²) in [6.07, 6.45) is 1.42. The molecule has 3 aromatic rings. The summed E-state index contributed by atoms with van der Waals surface area (Å²) in [7, 11) is 1.47. The molecule has 32 heavy (non-hydrogen) atoms. The molecule has 2 aromatic carbocycles. The third-order valence-corrected chi connectivity index (χ3v) is 4.82. The summed E-state index contributed by atoms with van der Waals surface area (Å²) in [5.41, 5.74) is 8.84. The first-order chi connectivity index (χ1) is 15.2. The van der Waals surface area contributed by atoms with E-state index in [4.69, 9.17) is 19.6 Å². The molecule has 166 valence electrons. The number of ether oxygens (including phenoxy) is 2. The van der Waals surface area contributed by atoms with E-state index in [1.807, 2.05) is 0 Å². The van der Waals surface area contributed by atoms with E-state index in [2.05, 4.69) is 5.32 Å². The van der Waals surface area contributed by atoms with E-state index >= 15 is 0 Å². The maximum absolute atomic E-state index is 12.6. The number of benzene rings is 2. The van der Waals surface area contributed by atoms with E-state index in [1.165, 1.54) is 26.2 Å². The van der Waals surface area contributed by atoms with Crippen molar-refractivity contribution in [3.8, 4) is 5.75 Å². The number of allylic oxidation sites excluding steroid dienone is 1. The van der Waals surface area contributed by atoms with Crippen molar-refractivity contribution >= 4 is 45.6 Å². The minimum Gasteiger partial charge on any atom is -0.495 e. The minimum absolute atomic E-state index is 0.116. The van der Waals surface area contributed by atoms with Crippen LogP contribution in [0.4, 0.5) is 11.4 Å². The van der Waals surface area contributed by atoms with Gasteiger partial charge < -0.3 is 24.9 Å². The molecule has 0 bridgehead atoms. The van der Waals surface area contributed by atoms with Crippen molar-refractivity contribution in [2.45, 2.75) is 20.8 Å². The molecule has 0 fully saturated rings. The lowest BCUT2D eigenvalue weighted by atomic mass is 10.0. The number of carbonyl (C=O) groups is 3. The van der Waals surface area contributed by atoms with Gasteiger partial charge in [0.2, 0.25) is 5.91 Å². The second-order valence-electron chi connectivity index (χ2n) is 7.06. The Kier molecular flexibility index (Phi) is 6.63. The third kappa shape index (κ3) is 4.64. The lowest BCUT2D eigenvalue weighted by molar-refractivity contribution is -0.111. The van der Waals surface area contributed by atoms with Crippen molar-refractivity contribution in [1.82, 2.24) is 0 Å². The second kappa shape index (κ2) is 9.38. The summed E-state index contributed by atoms with van der Waals surface area (Å²) < 4.78 is 15.8. The van der Waals surface area contributed by atoms with Gasteiger partial charge in [-0.1, -0.05) is 6.07 Å². The number of Topliss-reactive ketones (excluding diaryl/α,β-unsaturated/α-hetero) is 1. The van der Waals surface area contributed by atoms with Gasteiger partial charge in [0, 0.05) is 18.4 Å². The number of nitrogen functional groups attached to an aromatic ring is 1. The average Bonchev–Trinajstić information content (AvgIpc) is 3.10. The number of amides is 1. The van der Waals surface area contributed by atoms with Crippen LogP contribution in [0.2, 0.25) is 0 Å². The molecular formula is C24H24N2O6. The number of nitrogens with two attached hydrogens (primary N) is 1. The zero-order valence-electron chi connectivity index (χ0n) is 18.3. The zero-order valence-corrected chi connectivity index (χ0v) is 18.3. The Bertz CT molecular complexity index is 1240. The Morgan fingerprint density at radius 2 is 1.81 bits per heavy atom. The molecule has 1 aromatic heterocycles. The smallest absolute Gasteiger partial charge is 0.338 e. The molecule has 0 saturated carbocycles. The van der Waals surface area contributed by atoms with Crippen LogP contribution in [-0.2, 0) is 9.53 Å². The van der Waals surface area contributed by atoms with Gasteiger partial charge in [-0.3, -0.25) is 9.59 Å². The molecule has 1 heterocycles. The molecule has 0 unspecified atom stereocenters. The topological polar surface area (TPSA) is 121 Å². The monoisotopic (exact) mass is 436 g/mol.